The predicted octanol–water partition coefficient (Wildman–Crippen LogP) is 4.53. The zero-order valence-electron chi connectivity index (χ0n) is 13.3. The van der Waals surface area contributed by atoms with E-state index in [2.05, 4.69) is 19.3 Å². The Hall–Kier alpha value is -0.0800. The van der Waals surface area contributed by atoms with Crippen LogP contribution in [0.3, 0.4) is 0 Å². The fraction of sp³-hybridized carbons (Fsp3) is 1.00. The average molecular weight is 269 g/mol. The summed E-state index contributed by atoms with van der Waals surface area (Å²) in [7, 11) is 2.09. The first-order valence-corrected chi connectivity index (χ1v) is 8.55. The van der Waals surface area contributed by atoms with E-state index in [-0.39, 0.29) is 0 Å². The van der Waals surface area contributed by atoms with Crippen molar-refractivity contribution in [2.24, 2.45) is 5.41 Å². The monoisotopic (exact) mass is 269 g/mol. The number of hydrogen-bond donors (Lipinski definition) is 1. The minimum Gasteiger partial charge on any atom is -0.381 e. The van der Waals surface area contributed by atoms with Crippen LogP contribution in [-0.2, 0) is 4.74 Å². The predicted molar refractivity (Wildman–Crippen MR) is 83.6 cm³/mol. The molecule has 0 atom stereocenters. The van der Waals surface area contributed by atoms with Gasteiger partial charge in [-0.15, -0.1) is 0 Å². The molecule has 0 aliphatic carbocycles. The van der Waals surface area contributed by atoms with Crippen LogP contribution in [0.25, 0.3) is 0 Å². The average Bonchev–Trinajstić information content (AvgIpc) is 2.43. The summed E-state index contributed by atoms with van der Waals surface area (Å²) < 4.78 is 5.53. The Bertz CT molecular complexity index is 194. The molecule has 1 fully saturated rings. The minimum absolute atomic E-state index is 0.537. The molecule has 0 amide bonds. The van der Waals surface area contributed by atoms with E-state index in [4.69, 9.17) is 4.74 Å². The summed E-state index contributed by atoms with van der Waals surface area (Å²) in [5, 5.41) is 3.40. The minimum atomic E-state index is 0.537. The molecule has 1 N–H and O–H groups in total. The molecule has 0 bridgehead atoms. The molecule has 2 heteroatoms. The van der Waals surface area contributed by atoms with E-state index in [0.29, 0.717) is 5.41 Å². The lowest BCUT2D eigenvalue weighted by atomic mass is 9.76. The first-order valence-electron chi connectivity index (χ1n) is 8.55. The Morgan fingerprint density at radius 2 is 1.47 bits per heavy atom. The van der Waals surface area contributed by atoms with Crippen LogP contribution >= 0.6 is 0 Å². The Kier molecular flexibility index (Phi) is 9.54. The molecule has 0 aromatic heterocycles. The molecule has 1 aliphatic heterocycles. The van der Waals surface area contributed by atoms with Crippen molar-refractivity contribution in [2.75, 3.05) is 26.8 Å². The molecule has 2 nitrogen and oxygen atoms in total. The van der Waals surface area contributed by atoms with Gasteiger partial charge in [0.2, 0.25) is 0 Å². The first kappa shape index (κ1) is 17.0. The number of unbranched alkanes of at least 4 members (excludes halogenated alkanes) is 7. The van der Waals surface area contributed by atoms with Crippen molar-refractivity contribution in [3.63, 3.8) is 0 Å². The molecule has 0 aromatic rings. The van der Waals surface area contributed by atoms with Crippen molar-refractivity contribution >= 4 is 0 Å². The van der Waals surface area contributed by atoms with Crippen LogP contribution in [0, 0.1) is 5.41 Å². The topological polar surface area (TPSA) is 21.3 Å². The molecule has 1 rings (SSSR count). The lowest BCUT2D eigenvalue weighted by Crippen LogP contribution is -2.38. The Morgan fingerprint density at radius 3 is 2.05 bits per heavy atom. The summed E-state index contributed by atoms with van der Waals surface area (Å²) in [4.78, 5) is 0. The van der Waals surface area contributed by atoms with Gasteiger partial charge >= 0.3 is 0 Å². The van der Waals surface area contributed by atoms with Crippen molar-refractivity contribution in [3.8, 4) is 0 Å². The van der Waals surface area contributed by atoms with Gasteiger partial charge in [-0.05, 0) is 31.7 Å². The molecule has 19 heavy (non-hydrogen) atoms. The molecule has 1 aliphatic rings. The van der Waals surface area contributed by atoms with Crippen molar-refractivity contribution in [3.05, 3.63) is 0 Å². The molecule has 0 aromatic carbocycles. The van der Waals surface area contributed by atoms with E-state index >= 15 is 0 Å². The Labute approximate surface area is 120 Å². The van der Waals surface area contributed by atoms with Crippen LogP contribution in [0.5, 0.6) is 0 Å². The largest absolute Gasteiger partial charge is 0.381 e. The third-order valence-electron chi connectivity index (χ3n) is 4.67. The van der Waals surface area contributed by atoms with Gasteiger partial charge in [-0.1, -0.05) is 58.3 Å². The summed E-state index contributed by atoms with van der Waals surface area (Å²) in [5.74, 6) is 0. The van der Waals surface area contributed by atoms with E-state index in [1.54, 1.807) is 0 Å². The Morgan fingerprint density at radius 1 is 0.895 bits per heavy atom. The number of rotatable bonds is 11. The number of ether oxygens (including phenoxy) is 1. The van der Waals surface area contributed by atoms with Crippen LogP contribution < -0.4 is 5.32 Å². The van der Waals surface area contributed by atoms with Crippen LogP contribution in [0.4, 0.5) is 0 Å². The molecule has 0 spiro atoms. The lowest BCUT2D eigenvalue weighted by molar-refractivity contribution is 0.0100. The molecule has 1 saturated heterocycles. The molecule has 0 saturated carbocycles. The second-order valence-electron chi connectivity index (χ2n) is 6.37. The van der Waals surface area contributed by atoms with Gasteiger partial charge in [-0.3, -0.25) is 0 Å². The summed E-state index contributed by atoms with van der Waals surface area (Å²) in [5.41, 5.74) is 0.537. The third kappa shape index (κ3) is 7.31. The van der Waals surface area contributed by atoms with Crippen LogP contribution in [-0.4, -0.2) is 26.8 Å². The quantitative estimate of drug-likeness (QED) is 0.556. The van der Waals surface area contributed by atoms with Crippen LogP contribution in [0.1, 0.15) is 77.6 Å². The summed E-state index contributed by atoms with van der Waals surface area (Å²) in [6.45, 7) is 5.40. The zero-order chi connectivity index (χ0) is 13.8. The van der Waals surface area contributed by atoms with E-state index < -0.39 is 0 Å². The highest BCUT2D eigenvalue weighted by Crippen LogP contribution is 2.35. The van der Waals surface area contributed by atoms with E-state index in [9.17, 15) is 0 Å². The van der Waals surface area contributed by atoms with Gasteiger partial charge < -0.3 is 10.1 Å². The molecule has 1 heterocycles. The second kappa shape index (κ2) is 10.7. The second-order valence-corrected chi connectivity index (χ2v) is 6.37. The van der Waals surface area contributed by atoms with Gasteiger partial charge in [0.25, 0.3) is 0 Å². The van der Waals surface area contributed by atoms with Crippen molar-refractivity contribution in [2.45, 2.75) is 77.6 Å². The summed E-state index contributed by atoms with van der Waals surface area (Å²) in [6.07, 6.45) is 15.3. The van der Waals surface area contributed by atoms with Gasteiger partial charge in [0, 0.05) is 19.8 Å². The Balaban J connectivity index is 2.05. The van der Waals surface area contributed by atoms with Crippen molar-refractivity contribution in [1.82, 2.24) is 5.32 Å². The molecule has 114 valence electrons. The van der Waals surface area contributed by atoms with Gasteiger partial charge in [0.1, 0.15) is 0 Å². The molecular weight excluding hydrogens is 234 g/mol. The first-order chi connectivity index (χ1) is 9.33. The van der Waals surface area contributed by atoms with Crippen molar-refractivity contribution in [1.29, 1.82) is 0 Å². The van der Waals surface area contributed by atoms with Crippen molar-refractivity contribution < 1.29 is 4.74 Å². The van der Waals surface area contributed by atoms with Gasteiger partial charge in [0.15, 0.2) is 0 Å². The van der Waals surface area contributed by atoms with E-state index in [0.717, 1.165) is 13.2 Å². The van der Waals surface area contributed by atoms with E-state index in [1.807, 2.05) is 0 Å². The van der Waals surface area contributed by atoms with E-state index in [1.165, 1.54) is 77.2 Å². The number of nitrogens with one attached hydrogen (secondary N) is 1. The summed E-state index contributed by atoms with van der Waals surface area (Å²) >= 11 is 0. The van der Waals surface area contributed by atoms with Gasteiger partial charge in [-0.2, -0.15) is 0 Å². The standard InChI is InChI=1S/C17H35NO/c1-3-4-5-6-7-8-9-10-11-17(16-18-2)12-14-19-15-13-17/h18H,3-16H2,1-2H3. The number of hydrogen-bond acceptors (Lipinski definition) is 2. The maximum absolute atomic E-state index is 5.53. The maximum atomic E-state index is 5.53. The fourth-order valence-electron chi connectivity index (χ4n) is 3.33. The smallest absolute Gasteiger partial charge is 0.0471 e. The third-order valence-corrected chi connectivity index (χ3v) is 4.67. The fourth-order valence-corrected chi connectivity index (χ4v) is 3.33. The highest BCUT2D eigenvalue weighted by Gasteiger charge is 2.30. The van der Waals surface area contributed by atoms with Crippen LogP contribution in [0.15, 0.2) is 0 Å². The highest BCUT2D eigenvalue weighted by molar-refractivity contribution is 4.83. The SMILES string of the molecule is CCCCCCCCCCC1(CNC)CCOCC1. The summed E-state index contributed by atoms with van der Waals surface area (Å²) in [6, 6.07) is 0. The zero-order valence-corrected chi connectivity index (χ0v) is 13.3. The highest BCUT2D eigenvalue weighted by atomic mass is 16.5. The molecular formula is C17H35NO. The normalized spacial score (nSPS) is 18.6. The molecule has 0 unspecified atom stereocenters. The van der Waals surface area contributed by atoms with Gasteiger partial charge in [-0.25, -0.2) is 0 Å². The maximum Gasteiger partial charge on any atom is 0.0471 e. The van der Waals surface area contributed by atoms with Crippen LogP contribution in [0.2, 0.25) is 0 Å². The van der Waals surface area contributed by atoms with Gasteiger partial charge in [0.05, 0.1) is 0 Å². The molecule has 0 radical (unpaired) electrons. The lowest BCUT2D eigenvalue weighted by Gasteiger charge is -2.37.